The normalized spacial score (nSPS) is 24.2. The highest BCUT2D eigenvalue weighted by molar-refractivity contribution is 7.70. The summed E-state index contributed by atoms with van der Waals surface area (Å²) in [5.74, 6) is 0. The van der Waals surface area contributed by atoms with Gasteiger partial charge in [-0.1, -0.05) is 114 Å². The quantitative estimate of drug-likeness (QED) is 0.424. The Morgan fingerprint density at radius 3 is 2.36 bits per heavy atom. The lowest BCUT2D eigenvalue weighted by molar-refractivity contribution is 0.420. The van der Waals surface area contributed by atoms with Crippen molar-refractivity contribution in [3.63, 3.8) is 0 Å². The smallest absolute Gasteiger partial charge is 0.0163 e. The lowest BCUT2D eigenvalue weighted by atomic mass is 9.82. The molecular formula is C27H37P. The van der Waals surface area contributed by atoms with Crippen molar-refractivity contribution in [1.82, 2.24) is 0 Å². The van der Waals surface area contributed by atoms with Crippen molar-refractivity contribution in [2.75, 3.05) is 0 Å². The second kappa shape index (κ2) is 9.58. The van der Waals surface area contributed by atoms with E-state index in [0.29, 0.717) is 5.16 Å². The van der Waals surface area contributed by atoms with Crippen LogP contribution in [0.1, 0.15) is 89.5 Å². The lowest BCUT2D eigenvalue weighted by Gasteiger charge is -2.50. The van der Waals surface area contributed by atoms with Crippen LogP contribution in [0.3, 0.4) is 0 Å². The number of hydrogen-bond donors (Lipinski definition) is 0. The fourth-order valence-electron chi connectivity index (χ4n) is 5.92. The molecule has 0 saturated heterocycles. The van der Waals surface area contributed by atoms with Crippen molar-refractivity contribution >= 4 is 13.2 Å². The van der Waals surface area contributed by atoms with E-state index in [2.05, 4.69) is 61.6 Å². The Hall–Kier alpha value is -1.13. The molecule has 0 amide bonds. The van der Waals surface area contributed by atoms with Crippen LogP contribution in [0.15, 0.2) is 60.2 Å². The molecule has 1 unspecified atom stereocenters. The number of rotatable bonds is 6. The Morgan fingerprint density at radius 1 is 1.00 bits per heavy atom. The molecule has 28 heavy (non-hydrogen) atoms. The minimum Gasteiger partial charge on any atom is -0.0804 e. The van der Waals surface area contributed by atoms with E-state index in [9.17, 15) is 0 Å². The molecule has 0 radical (unpaired) electrons. The Kier molecular flexibility index (Phi) is 6.90. The molecule has 4 rings (SSSR count). The molecule has 2 saturated carbocycles. The highest BCUT2D eigenvalue weighted by Gasteiger charge is 2.47. The van der Waals surface area contributed by atoms with Gasteiger partial charge in [0.2, 0.25) is 0 Å². The first-order chi connectivity index (χ1) is 13.8. The molecule has 2 fully saturated rings. The summed E-state index contributed by atoms with van der Waals surface area (Å²) in [6.45, 7) is 2.33. The maximum Gasteiger partial charge on any atom is 0.0163 e. The van der Waals surface area contributed by atoms with Crippen LogP contribution >= 0.6 is 7.92 Å². The van der Waals surface area contributed by atoms with Crippen molar-refractivity contribution < 1.29 is 0 Å². The SMILES string of the molecule is CCC=C(c1ccccc1)P(C1CCCCC1)C1(C2=CC=CC2)CCCCC1. The molecule has 0 aliphatic heterocycles. The van der Waals surface area contributed by atoms with Gasteiger partial charge in [-0.2, -0.15) is 0 Å². The molecule has 0 N–H and O–H groups in total. The summed E-state index contributed by atoms with van der Waals surface area (Å²) < 4.78 is 0. The predicted octanol–water partition coefficient (Wildman–Crippen LogP) is 8.84. The Balaban J connectivity index is 1.82. The van der Waals surface area contributed by atoms with Gasteiger partial charge in [0, 0.05) is 5.16 Å². The van der Waals surface area contributed by atoms with Gasteiger partial charge in [-0.3, -0.25) is 0 Å². The van der Waals surface area contributed by atoms with E-state index in [1.165, 1.54) is 76.2 Å². The lowest BCUT2D eigenvalue weighted by Crippen LogP contribution is -2.36. The molecule has 0 nitrogen and oxygen atoms in total. The molecule has 0 heterocycles. The van der Waals surface area contributed by atoms with Crippen LogP contribution in [0.25, 0.3) is 5.31 Å². The second-order valence-corrected chi connectivity index (χ2v) is 11.8. The Bertz CT molecular complexity index is 712. The molecule has 1 aromatic carbocycles. The van der Waals surface area contributed by atoms with Gasteiger partial charge in [0.1, 0.15) is 0 Å². The molecule has 150 valence electrons. The standard InChI is InChI=1S/C27H37P/c1-2-14-26(23-15-6-3-7-16-23)28(25-19-8-4-9-20-25)27(21-12-5-13-22-27)24-17-10-11-18-24/h3,6-7,10-11,14-17,25H,2,4-5,8-9,12-13,18-22H2,1H3. The summed E-state index contributed by atoms with van der Waals surface area (Å²) in [7, 11) is -0.185. The number of allylic oxidation sites excluding steroid dienone is 5. The van der Waals surface area contributed by atoms with Gasteiger partial charge >= 0.3 is 0 Å². The van der Waals surface area contributed by atoms with Gasteiger partial charge in [0.15, 0.2) is 0 Å². The summed E-state index contributed by atoms with van der Waals surface area (Å²) in [6, 6.07) is 11.4. The number of benzene rings is 1. The van der Waals surface area contributed by atoms with E-state index in [4.69, 9.17) is 0 Å². The first-order valence-corrected chi connectivity index (χ1v) is 13.2. The molecule has 1 atom stereocenters. The van der Waals surface area contributed by atoms with Crippen LogP contribution < -0.4 is 0 Å². The minimum atomic E-state index is -0.185. The zero-order valence-electron chi connectivity index (χ0n) is 17.7. The van der Waals surface area contributed by atoms with Crippen molar-refractivity contribution in [2.24, 2.45) is 0 Å². The van der Waals surface area contributed by atoms with Crippen LogP contribution in [0.4, 0.5) is 0 Å². The van der Waals surface area contributed by atoms with Crippen LogP contribution in [0.5, 0.6) is 0 Å². The summed E-state index contributed by atoms with van der Waals surface area (Å²) >= 11 is 0. The van der Waals surface area contributed by atoms with Crippen molar-refractivity contribution in [2.45, 2.75) is 94.8 Å². The highest BCUT2D eigenvalue weighted by atomic mass is 31.1. The molecule has 0 bridgehead atoms. The first kappa shape index (κ1) is 20.2. The van der Waals surface area contributed by atoms with E-state index in [1.54, 1.807) is 10.9 Å². The Labute approximate surface area is 174 Å². The highest BCUT2D eigenvalue weighted by Crippen LogP contribution is 2.72. The fourth-order valence-corrected chi connectivity index (χ4v) is 10.4. The molecule has 1 heteroatoms. The molecule has 0 spiro atoms. The van der Waals surface area contributed by atoms with E-state index < -0.39 is 0 Å². The van der Waals surface area contributed by atoms with E-state index in [0.717, 1.165) is 12.1 Å². The van der Waals surface area contributed by atoms with Gasteiger partial charge in [0.05, 0.1) is 0 Å². The predicted molar refractivity (Wildman–Crippen MR) is 126 cm³/mol. The van der Waals surface area contributed by atoms with Crippen LogP contribution in [-0.4, -0.2) is 10.8 Å². The third kappa shape index (κ3) is 4.09. The summed E-state index contributed by atoms with van der Waals surface area (Å²) in [5, 5.41) is 2.19. The molecule has 3 aliphatic carbocycles. The zero-order chi connectivity index (χ0) is 19.2. The largest absolute Gasteiger partial charge is 0.0804 e. The van der Waals surface area contributed by atoms with Crippen LogP contribution in [-0.2, 0) is 0 Å². The van der Waals surface area contributed by atoms with Crippen LogP contribution in [0, 0.1) is 0 Å². The third-order valence-corrected chi connectivity index (χ3v) is 11.0. The topological polar surface area (TPSA) is 0 Å². The van der Waals surface area contributed by atoms with Gasteiger partial charge in [0.25, 0.3) is 0 Å². The minimum absolute atomic E-state index is 0.185. The van der Waals surface area contributed by atoms with Gasteiger partial charge in [-0.15, -0.1) is 0 Å². The van der Waals surface area contributed by atoms with E-state index in [1.807, 2.05) is 0 Å². The summed E-state index contributed by atoms with van der Waals surface area (Å²) in [6.07, 6.45) is 26.7. The summed E-state index contributed by atoms with van der Waals surface area (Å²) in [5.41, 5.74) is 4.21. The monoisotopic (exact) mass is 392 g/mol. The van der Waals surface area contributed by atoms with E-state index >= 15 is 0 Å². The second-order valence-electron chi connectivity index (χ2n) is 8.94. The average molecular weight is 393 g/mol. The molecular weight excluding hydrogens is 355 g/mol. The van der Waals surface area contributed by atoms with Crippen molar-refractivity contribution in [3.8, 4) is 0 Å². The van der Waals surface area contributed by atoms with Crippen molar-refractivity contribution in [1.29, 1.82) is 0 Å². The third-order valence-electron chi connectivity index (χ3n) is 7.18. The maximum absolute atomic E-state index is 2.62. The number of hydrogen-bond acceptors (Lipinski definition) is 0. The first-order valence-electron chi connectivity index (χ1n) is 11.8. The van der Waals surface area contributed by atoms with Gasteiger partial charge in [-0.05, 0) is 55.1 Å². The fraction of sp³-hybridized carbons (Fsp3) is 0.556. The Morgan fingerprint density at radius 2 is 1.71 bits per heavy atom. The average Bonchev–Trinajstić information content (AvgIpc) is 3.31. The summed E-state index contributed by atoms with van der Waals surface area (Å²) in [4.78, 5) is 0. The van der Waals surface area contributed by atoms with Gasteiger partial charge < -0.3 is 0 Å². The maximum atomic E-state index is 2.62. The molecule has 1 aromatic rings. The van der Waals surface area contributed by atoms with Crippen LogP contribution in [0.2, 0.25) is 0 Å². The zero-order valence-corrected chi connectivity index (χ0v) is 18.6. The van der Waals surface area contributed by atoms with E-state index in [-0.39, 0.29) is 7.92 Å². The molecule has 3 aliphatic rings. The van der Waals surface area contributed by atoms with Crippen molar-refractivity contribution in [3.05, 3.63) is 65.8 Å². The van der Waals surface area contributed by atoms with Gasteiger partial charge in [-0.25, -0.2) is 0 Å². The molecule has 0 aromatic heterocycles.